The van der Waals surface area contributed by atoms with Crippen molar-refractivity contribution in [3.63, 3.8) is 0 Å². The number of nitrogens with one attached hydrogen (secondary N) is 1. The van der Waals surface area contributed by atoms with Crippen molar-refractivity contribution < 1.29 is 33.5 Å². The van der Waals surface area contributed by atoms with E-state index in [4.69, 9.17) is 30.5 Å². The number of hydrogen-bond donors (Lipinski definition) is 1. The first-order chi connectivity index (χ1) is 32.6. The maximum absolute atomic E-state index is 13.9. The molecule has 0 amide bonds. The lowest BCUT2D eigenvalue weighted by Gasteiger charge is -2.36. The molecule has 0 bridgehead atoms. The Bertz CT molecular complexity index is 2840. The van der Waals surface area contributed by atoms with E-state index in [1.54, 1.807) is 25.0 Å². The molecule has 1 N–H and O–H groups in total. The van der Waals surface area contributed by atoms with Gasteiger partial charge in [0, 0.05) is 61.0 Å². The van der Waals surface area contributed by atoms with Crippen LogP contribution in [0, 0.1) is 10.1 Å². The Hall–Kier alpha value is -7.55. The van der Waals surface area contributed by atoms with Gasteiger partial charge in [-0.15, -0.1) is 5.11 Å². The van der Waals surface area contributed by atoms with Gasteiger partial charge < -0.3 is 29.2 Å². The highest BCUT2D eigenvalue weighted by Crippen LogP contribution is 2.42. The summed E-state index contributed by atoms with van der Waals surface area (Å²) >= 11 is 6.27. The third-order valence-electron chi connectivity index (χ3n) is 12.0. The van der Waals surface area contributed by atoms with Gasteiger partial charge in [0.1, 0.15) is 28.8 Å². The van der Waals surface area contributed by atoms with Gasteiger partial charge >= 0.3 is 5.97 Å². The van der Waals surface area contributed by atoms with Crippen LogP contribution in [-0.4, -0.2) is 68.4 Å². The molecule has 0 spiro atoms. The summed E-state index contributed by atoms with van der Waals surface area (Å²) in [7, 11) is 4.67. The van der Waals surface area contributed by atoms with E-state index in [1.807, 2.05) is 109 Å². The van der Waals surface area contributed by atoms with E-state index in [0.717, 1.165) is 56.0 Å². The van der Waals surface area contributed by atoms with Crippen LogP contribution in [0.5, 0.6) is 11.5 Å². The Balaban J connectivity index is 1.03. The van der Waals surface area contributed by atoms with E-state index in [9.17, 15) is 19.7 Å². The van der Waals surface area contributed by atoms with Crippen LogP contribution in [0.4, 0.5) is 28.4 Å². The lowest BCUT2D eigenvalue weighted by Crippen LogP contribution is -2.34. The number of rotatable bonds is 19. The molecule has 1 atom stereocenters. The Kier molecular flexibility index (Phi) is 14.2. The minimum Gasteiger partial charge on any atom is -0.497 e. The van der Waals surface area contributed by atoms with E-state index in [2.05, 4.69) is 32.6 Å². The second-order valence-electron chi connectivity index (χ2n) is 15.9. The molecule has 67 heavy (non-hydrogen) atoms. The Morgan fingerprint density at radius 1 is 0.806 bits per heavy atom. The number of hydrogen-bond acceptors (Lipinski definition) is 12. The Morgan fingerprint density at radius 3 is 2.09 bits per heavy atom. The highest BCUT2D eigenvalue weighted by Gasteiger charge is 2.38. The third kappa shape index (κ3) is 10.0. The molecular formula is C52H49ClN6O8. The number of non-ortho nitro benzene ring substituents is 1. The number of nitro benzene ring substituents is 1. The molecule has 7 aromatic rings. The predicted molar refractivity (Wildman–Crippen MR) is 259 cm³/mol. The monoisotopic (exact) mass is 920 g/mol. The zero-order valence-electron chi connectivity index (χ0n) is 37.3. The summed E-state index contributed by atoms with van der Waals surface area (Å²) in [5, 5.41) is 24.0. The Morgan fingerprint density at radius 2 is 1.46 bits per heavy atom. The van der Waals surface area contributed by atoms with Crippen molar-refractivity contribution in [2.24, 2.45) is 10.2 Å². The number of aromatic nitrogens is 1. The number of azo groups is 1. The fourth-order valence-electron chi connectivity index (χ4n) is 8.58. The summed E-state index contributed by atoms with van der Waals surface area (Å²) in [6.07, 6.45) is 3.75. The van der Waals surface area contributed by atoms with Crippen LogP contribution in [-0.2, 0) is 26.3 Å². The second kappa shape index (κ2) is 20.7. The van der Waals surface area contributed by atoms with E-state index in [0.29, 0.717) is 50.3 Å². The number of esters is 1. The predicted octanol–water partition coefficient (Wildman–Crippen LogP) is 11.5. The van der Waals surface area contributed by atoms with Crippen LogP contribution in [0.15, 0.2) is 156 Å². The molecule has 1 aromatic heterocycles. The van der Waals surface area contributed by atoms with Crippen molar-refractivity contribution in [3.05, 3.63) is 183 Å². The van der Waals surface area contributed by atoms with Gasteiger partial charge in [-0.3, -0.25) is 19.5 Å². The molecule has 342 valence electrons. The van der Waals surface area contributed by atoms with Crippen LogP contribution < -0.4 is 19.7 Å². The van der Waals surface area contributed by atoms with Crippen molar-refractivity contribution >= 4 is 62.8 Å². The number of anilines is 2. The quantitative estimate of drug-likeness (QED) is 0.0207. The van der Waals surface area contributed by atoms with Gasteiger partial charge in [0.2, 0.25) is 5.91 Å². The van der Waals surface area contributed by atoms with Crippen LogP contribution >= 0.6 is 11.6 Å². The lowest BCUT2D eigenvalue weighted by molar-refractivity contribution is -0.384. The number of methoxy groups -OCH3 is 3. The van der Waals surface area contributed by atoms with Gasteiger partial charge in [0.05, 0.1) is 49.1 Å². The van der Waals surface area contributed by atoms with Crippen LogP contribution in [0.3, 0.4) is 0 Å². The van der Waals surface area contributed by atoms with Gasteiger partial charge in [0.25, 0.3) is 5.69 Å². The fraction of sp³-hybridized carbons (Fsp3) is 0.231. The topological polar surface area (TPSA) is 159 Å². The standard InChI is InChI=1S/C52H49ClN6O8/c1-64-41-21-12-36(13-22-41)52(35-9-5-4-6-10-35,37-14-23-42(65-2)24-15-37)67-32-8-30-57(39-18-16-38(17-19-39)55-56-47-25-20-40(59(62)63)33-45(47)53)29-7-11-50(60)58-31-28-43-44-34-48(51(61)66-3)54-46(44)26-27-49(43)58/h4-6,9-10,12-28,31,33,48,54H,7-8,11,29-30,32,34H2,1-3H3. The molecule has 1 aliphatic rings. The summed E-state index contributed by atoms with van der Waals surface area (Å²) in [5.41, 5.74) is 6.13. The number of halogens is 1. The van der Waals surface area contributed by atoms with Crippen molar-refractivity contribution in [2.45, 2.75) is 37.3 Å². The first kappa shape index (κ1) is 46.0. The first-order valence-electron chi connectivity index (χ1n) is 21.8. The molecule has 14 nitrogen and oxygen atoms in total. The van der Waals surface area contributed by atoms with Crippen LogP contribution in [0.25, 0.3) is 10.9 Å². The molecule has 0 fully saturated rings. The maximum atomic E-state index is 13.9. The summed E-state index contributed by atoms with van der Waals surface area (Å²) in [6.45, 7) is 1.53. The van der Waals surface area contributed by atoms with E-state index in [-0.39, 0.29) is 29.0 Å². The molecule has 6 aromatic carbocycles. The minimum atomic E-state index is -0.980. The van der Waals surface area contributed by atoms with Gasteiger partial charge in [-0.1, -0.05) is 66.2 Å². The number of benzene rings is 6. The molecular weight excluding hydrogens is 872 g/mol. The van der Waals surface area contributed by atoms with Gasteiger partial charge in [-0.2, -0.15) is 5.11 Å². The van der Waals surface area contributed by atoms with Crippen molar-refractivity contribution in [1.29, 1.82) is 0 Å². The summed E-state index contributed by atoms with van der Waals surface area (Å²) < 4.78 is 24.9. The summed E-state index contributed by atoms with van der Waals surface area (Å²) in [6, 6.07) is 42.9. The number of nitro groups is 1. The second-order valence-corrected chi connectivity index (χ2v) is 16.3. The number of carbonyl (C=O) groups is 2. The van der Waals surface area contributed by atoms with Gasteiger partial charge in [-0.05, 0) is 108 Å². The molecule has 15 heteroatoms. The van der Waals surface area contributed by atoms with Crippen molar-refractivity contribution in [3.8, 4) is 11.5 Å². The SMILES string of the molecule is COC(=O)C1Cc2c(ccc3c2ccn3C(=O)CCCN(CCCOC(c2ccccc2)(c2ccc(OC)cc2)c2ccc(OC)cc2)c2ccc(N=Nc3ccc([N+](=O)[O-])cc3Cl)cc2)N1. The Labute approximate surface area is 392 Å². The molecule has 0 saturated heterocycles. The lowest BCUT2D eigenvalue weighted by atomic mass is 9.80. The molecule has 1 aliphatic heterocycles. The number of nitrogens with zero attached hydrogens (tertiary/aromatic N) is 5. The highest BCUT2D eigenvalue weighted by molar-refractivity contribution is 6.33. The highest BCUT2D eigenvalue weighted by atomic mass is 35.5. The van der Waals surface area contributed by atoms with Gasteiger partial charge in [0.15, 0.2) is 0 Å². The largest absolute Gasteiger partial charge is 0.497 e. The maximum Gasteiger partial charge on any atom is 0.328 e. The molecule has 2 heterocycles. The summed E-state index contributed by atoms with van der Waals surface area (Å²) in [4.78, 5) is 39.1. The zero-order chi connectivity index (χ0) is 46.9. The molecule has 0 radical (unpaired) electrons. The summed E-state index contributed by atoms with van der Waals surface area (Å²) in [5.74, 6) is 1.10. The zero-order valence-corrected chi connectivity index (χ0v) is 38.0. The average molecular weight is 921 g/mol. The molecule has 0 saturated carbocycles. The van der Waals surface area contributed by atoms with Crippen LogP contribution in [0.2, 0.25) is 5.02 Å². The number of carbonyl (C=O) groups excluding carboxylic acids is 2. The smallest absolute Gasteiger partial charge is 0.328 e. The molecule has 8 rings (SSSR count). The number of fused-ring (bicyclic) bond motifs is 3. The fourth-order valence-corrected chi connectivity index (χ4v) is 8.79. The van der Waals surface area contributed by atoms with Crippen molar-refractivity contribution in [2.75, 3.05) is 51.2 Å². The molecule has 0 aliphatic carbocycles. The van der Waals surface area contributed by atoms with Crippen LogP contribution in [0.1, 0.15) is 46.3 Å². The minimum absolute atomic E-state index is 0.0407. The normalized spacial score (nSPS) is 13.3. The van der Waals surface area contributed by atoms with E-state index < -0.39 is 16.6 Å². The van der Waals surface area contributed by atoms with E-state index >= 15 is 0 Å². The average Bonchev–Trinajstić information content (AvgIpc) is 4.01. The van der Waals surface area contributed by atoms with Gasteiger partial charge in [-0.25, -0.2) is 4.79 Å². The first-order valence-corrected chi connectivity index (χ1v) is 22.2. The van der Waals surface area contributed by atoms with Crippen molar-refractivity contribution in [1.82, 2.24) is 4.57 Å². The number of ether oxygens (including phenoxy) is 4. The van der Waals surface area contributed by atoms with E-state index in [1.165, 1.54) is 25.3 Å². The molecule has 1 unspecified atom stereocenters. The third-order valence-corrected chi connectivity index (χ3v) is 12.3.